The number of amides is 1. The first-order chi connectivity index (χ1) is 11.6. The van der Waals surface area contributed by atoms with E-state index in [1.807, 2.05) is 30.5 Å². The van der Waals surface area contributed by atoms with Gasteiger partial charge in [-0.05, 0) is 42.7 Å². The van der Waals surface area contributed by atoms with E-state index in [1.165, 1.54) is 0 Å². The second kappa shape index (κ2) is 7.59. The molecule has 0 spiro atoms. The van der Waals surface area contributed by atoms with Crippen LogP contribution in [0.1, 0.15) is 17.8 Å². The summed E-state index contributed by atoms with van der Waals surface area (Å²) in [6.45, 7) is 1.05. The molecular formula is C17H20ClN3O2S. The lowest BCUT2D eigenvalue weighted by atomic mass is 10.1. The van der Waals surface area contributed by atoms with Gasteiger partial charge in [0.1, 0.15) is 11.9 Å². The first-order valence-corrected chi connectivity index (χ1v) is 9.65. The Labute approximate surface area is 150 Å². The van der Waals surface area contributed by atoms with Crippen LogP contribution in [0, 0.1) is 0 Å². The van der Waals surface area contributed by atoms with Gasteiger partial charge in [0.2, 0.25) is 0 Å². The van der Waals surface area contributed by atoms with Gasteiger partial charge in [-0.25, -0.2) is 4.98 Å². The highest BCUT2D eigenvalue weighted by Crippen LogP contribution is 2.24. The summed E-state index contributed by atoms with van der Waals surface area (Å²) in [5.41, 5.74) is 2.89. The molecule has 0 fully saturated rings. The van der Waals surface area contributed by atoms with E-state index in [9.17, 15) is 9.90 Å². The summed E-state index contributed by atoms with van der Waals surface area (Å²) in [5, 5.41) is 10.7. The highest BCUT2D eigenvalue weighted by Gasteiger charge is 2.27. The lowest BCUT2D eigenvalue weighted by Crippen LogP contribution is -2.42. The van der Waals surface area contributed by atoms with E-state index in [-0.39, 0.29) is 5.91 Å². The lowest BCUT2D eigenvalue weighted by molar-refractivity contribution is -0.141. The average molecular weight is 366 g/mol. The van der Waals surface area contributed by atoms with Crippen molar-refractivity contribution in [3.63, 3.8) is 0 Å². The molecule has 1 aromatic carbocycles. The van der Waals surface area contributed by atoms with Crippen molar-refractivity contribution in [2.45, 2.75) is 25.5 Å². The Kier molecular flexibility index (Phi) is 5.48. The summed E-state index contributed by atoms with van der Waals surface area (Å²) in [5.74, 6) is 1.36. The van der Waals surface area contributed by atoms with Crippen LogP contribution in [-0.4, -0.2) is 50.5 Å². The normalized spacial score (nSPS) is 15.2. The first-order valence-electron chi connectivity index (χ1n) is 7.88. The Morgan fingerprint density at radius 3 is 2.92 bits per heavy atom. The number of hydrogen-bond acceptors (Lipinski definition) is 4. The van der Waals surface area contributed by atoms with Crippen LogP contribution < -0.4 is 0 Å². The van der Waals surface area contributed by atoms with E-state index in [4.69, 9.17) is 11.6 Å². The third-order valence-corrected chi connectivity index (χ3v) is 5.04. The van der Waals surface area contributed by atoms with Crippen molar-refractivity contribution in [3.05, 3.63) is 40.7 Å². The van der Waals surface area contributed by atoms with Crippen LogP contribution in [0.5, 0.6) is 0 Å². The maximum atomic E-state index is 12.3. The molecule has 0 saturated carbocycles. The van der Waals surface area contributed by atoms with Gasteiger partial charge in [0.15, 0.2) is 0 Å². The van der Waals surface area contributed by atoms with E-state index < -0.39 is 6.10 Å². The van der Waals surface area contributed by atoms with Gasteiger partial charge in [-0.15, -0.1) is 0 Å². The molecule has 0 saturated heterocycles. The number of nitrogens with one attached hydrogen (secondary N) is 1. The van der Waals surface area contributed by atoms with Crippen molar-refractivity contribution in [1.82, 2.24) is 14.9 Å². The third kappa shape index (κ3) is 3.77. The van der Waals surface area contributed by atoms with Gasteiger partial charge in [-0.1, -0.05) is 11.6 Å². The van der Waals surface area contributed by atoms with Crippen molar-refractivity contribution in [3.8, 4) is 11.4 Å². The smallest absolute Gasteiger partial charge is 0.251 e. The Morgan fingerprint density at radius 1 is 1.46 bits per heavy atom. The minimum absolute atomic E-state index is 0.197. The maximum absolute atomic E-state index is 12.3. The van der Waals surface area contributed by atoms with E-state index in [2.05, 4.69) is 9.97 Å². The molecule has 0 unspecified atom stereocenters. The molecular weight excluding hydrogens is 346 g/mol. The highest BCUT2D eigenvalue weighted by molar-refractivity contribution is 7.98. The Bertz CT molecular complexity index is 717. The number of nitrogens with zero attached hydrogens (tertiary/aromatic N) is 2. The standard InChI is InChI=1S/C17H20ClN3O2S/c1-24-9-7-15(22)17(23)21-8-6-13-14(10-21)20-16(19-13)11-2-4-12(18)5-3-11/h2-5,15,22H,6-10H2,1H3,(H,19,20)/t15-/m0/s1. The predicted molar refractivity (Wildman–Crippen MR) is 97.2 cm³/mol. The number of imidazole rings is 1. The summed E-state index contributed by atoms with van der Waals surface area (Å²) < 4.78 is 0. The Hall–Kier alpha value is -1.50. The van der Waals surface area contributed by atoms with Crippen LogP contribution in [0.3, 0.4) is 0 Å². The van der Waals surface area contributed by atoms with Crippen LogP contribution in [0.4, 0.5) is 0 Å². The zero-order valence-electron chi connectivity index (χ0n) is 13.5. The first kappa shape index (κ1) is 17.3. The molecule has 1 aromatic heterocycles. The fourth-order valence-electron chi connectivity index (χ4n) is 2.79. The molecule has 1 atom stereocenters. The zero-order chi connectivity index (χ0) is 17.1. The van der Waals surface area contributed by atoms with Crippen LogP contribution >= 0.6 is 23.4 Å². The molecule has 5 nitrogen and oxygen atoms in total. The number of hydrogen-bond donors (Lipinski definition) is 2. The Balaban J connectivity index is 1.72. The number of H-pyrrole nitrogens is 1. The van der Waals surface area contributed by atoms with E-state index in [0.717, 1.165) is 28.5 Å². The average Bonchev–Trinajstić information content (AvgIpc) is 3.02. The fourth-order valence-corrected chi connectivity index (χ4v) is 3.38. The number of carbonyl (C=O) groups is 1. The van der Waals surface area contributed by atoms with Crippen LogP contribution in [0.2, 0.25) is 5.02 Å². The zero-order valence-corrected chi connectivity index (χ0v) is 15.0. The molecule has 0 radical (unpaired) electrons. The number of aromatic amines is 1. The maximum Gasteiger partial charge on any atom is 0.251 e. The van der Waals surface area contributed by atoms with E-state index >= 15 is 0 Å². The number of rotatable bonds is 5. The summed E-state index contributed by atoms with van der Waals surface area (Å²) in [7, 11) is 0. The van der Waals surface area contributed by atoms with Crippen molar-refractivity contribution in [2.24, 2.45) is 0 Å². The number of aliphatic hydroxyl groups excluding tert-OH is 1. The number of benzene rings is 1. The van der Waals surface area contributed by atoms with E-state index in [1.54, 1.807) is 16.7 Å². The number of halogens is 1. The summed E-state index contributed by atoms with van der Waals surface area (Å²) in [6, 6.07) is 7.50. The third-order valence-electron chi connectivity index (χ3n) is 4.14. The molecule has 1 aliphatic rings. The van der Waals surface area contributed by atoms with Gasteiger partial charge in [0.05, 0.1) is 17.9 Å². The van der Waals surface area contributed by atoms with Crippen LogP contribution in [-0.2, 0) is 17.8 Å². The number of aromatic nitrogens is 2. The largest absolute Gasteiger partial charge is 0.383 e. The quantitative estimate of drug-likeness (QED) is 0.854. The molecule has 0 aliphatic carbocycles. The molecule has 3 rings (SSSR count). The van der Waals surface area contributed by atoms with E-state index in [0.29, 0.717) is 31.0 Å². The number of aliphatic hydroxyl groups is 1. The summed E-state index contributed by atoms with van der Waals surface area (Å²) in [4.78, 5) is 22.0. The molecule has 1 amide bonds. The van der Waals surface area contributed by atoms with Gasteiger partial charge in [-0.2, -0.15) is 11.8 Å². The number of fused-ring (bicyclic) bond motifs is 1. The molecule has 128 valence electrons. The summed E-state index contributed by atoms with van der Waals surface area (Å²) >= 11 is 7.55. The molecule has 2 N–H and O–H groups in total. The molecule has 2 heterocycles. The second-order valence-electron chi connectivity index (χ2n) is 5.82. The van der Waals surface area contributed by atoms with Crippen LogP contribution in [0.25, 0.3) is 11.4 Å². The fraction of sp³-hybridized carbons (Fsp3) is 0.412. The van der Waals surface area contributed by atoms with Crippen molar-refractivity contribution in [1.29, 1.82) is 0 Å². The van der Waals surface area contributed by atoms with Gasteiger partial charge >= 0.3 is 0 Å². The second-order valence-corrected chi connectivity index (χ2v) is 7.25. The minimum atomic E-state index is -0.919. The van der Waals surface area contributed by atoms with Gasteiger partial charge in [0.25, 0.3) is 5.91 Å². The Morgan fingerprint density at radius 2 is 2.21 bits per heavy atom. The topological polar surface area (TPSA) is 69.2 Å². The number of carbonyl (C=O) groups excluding carboxylic acids is 1. The SMILES string of the molecule is CSCC[C@H](O)C(=O)N1CCc2nc(-c3ccc(Cl)cc3)[nH]c2C1. The van der Waals surface area contributed by atoms with Crippen molar-refractivity contribution < 1.29 is 9.90 Å². The molecule has 0 bridgehead atoms. The minimum Gasteiger partial charge on any atom is -0.383 e. The van der Waals surface area contributed by atoms with Gasteiger partial charge in [0, 0.05) is 23.6 Å². The van der Waals surface area contributed by atoms with Crippen molar-refractivity contribution >= 4 is 29.3 Å². The number of thioether (sulfide) groups is 1. The monoisotopic (exact) mass is 365 g/mol. The molecule has 2 aromatic rings. The molecule has 24 heavy (non-hydrogen) atoms. The van der Waals surface area contributed by atoms with Gasteiger partial charge in [-0.3, -0.25) is 4.79 Å². The van der Waals surface area contributed by atoms with Crippen molar-refractivity contribution in [2.75, 3.05) is 18.6 Å². The molecule has 7 heteroatoms. The van der Waals surface area contributed by atoms with Crippen LogP contribution in [0.15, 0.2) is 24.3 Å². The lowest BCUT2D eigenvalue weighted by Gasteiger charge is -2.28. The molecule has 1 aliphatic heterocycles. The van der Waals surface area contributed by atoms with Gasteiger partial charge < -0.3 is 15.0 Å². The summed E-state index contributed by atoms with van der Waals surface area (Å²) in [6.07, 6.45) is 2.23. The highest BCUT2D eigenvalue weighted by atomic mass is 35.5. The predicted octanol–water partition coefficient (Wildman–Crippen LogP) is 2.73.